The maximum atomic E-state index is 13.9. The summed E-state index contributed by atoms with van der Waals surface area (Å²) in [7, 11) is 0. The van der Waals surface area contributed by atoms with Gasteiger partial charge in [0.1, 0.15) is 17.0 Å². The van der Waals surface area contributed by atoms with Gasteiger partial charge in [0.15, 0.2) is 0 Å². The van der Waals surface area contributed by atoms with Gasteiger partial charge in [0.2, 0.25) is 5.91 Å². The molecule has 0 radical (unpaired) electrons. The van der Waals surface area contributed by atoms with E-state index in [0.717, 1.165) is 47.5 Å². The standard InChI is InChI=1S/C28H40N4O3S/c1-19(2)32(22-10-7-13-29-17-22)28(34)24-16-26(36-15-14-30-20(3)33)23-11-6-12-25(27(23)31-24)35-18-21-8-4-5-9-21/h6,11-12,16,19,21-22,29H,4-5,7-10,13-15,17-18H2,1-3H3,(H,30,33)/t22-/m1/s1. The number of aromatic nitrogens is 1. The first-order valence-electron chi connectivity index (χ1n) is 13.4. The molecule has 1 aromatic carbocycles. The second kappa shape index (κ2) is 12.8. The number of rotatable bonds is 10. The molecule has 1 saturated carbocycles. The zero-order chi connectivity index (χ0) is 25.5. The van der Waals surface area contributed by atoms with Crippen molar-refractivity contribution in [2.24, 2.45) is 5.92 Å². The molecule has 8 heteroatoms. The Morgan fingerprint density at radius 2 is 2.03 bits per heavy atom. The lowest BCUT2D eigenvalue weighted by atomic mass is 10.0. The van der Waals surface area contributed by atoms with Gasteiger partial charge in [0.05, 0.1) is 6.61 Å². The van der Waals surface area contributed by atoms with Gasteiger partial charge >= 0.3 is 0 Å². The molecule has 1 aliphatic heterocycles. The zero-order valence-electron chi connectivity index (χ0n) is 21.8. The maximum Gasteiger partial charge on any atom is 0.273 e. The van der Waals surface area contributed by atoms with Crippen LogP contribution in [0.3, 0.4) is 0 Å². The molecule has 1 aromatic heterocycles. The molecule has 36 heavy (non-hydrogen) atoms. The van der Waals surface area contributed by atoms with Crippen molar-refractivity contribution >= 4 is 34.5 Å². The Hall–Kier alpha value is -2.32. The fourth-order valence-corrected chi connectivity index (χ4v) is 6.27. The Morgan fingerprint density at radius 1 is 1.22 bits per heavy atom. The number of benzene rings is 1. The number of carbonyl (C=O) groups is 2. The highest BCUT2D eigenvalue weighted by Gasteiger charge is 2.30. The summed E-state index contributed by atoms with van der Waals surface area (Å²) < 4.78 is 6.31. The number of thioether (sulfide) groups is 1. The van der Waals surface area contributed by atoms with Gasteiger partial charge in [-0.15, -0.1) is 11.8 Å². The highest BCUT2D eigenvalue weighted by atomic mass is 32.2. The summed E-state index contributed by atoms with van der Waals surface area (Å²) in [4.78, 5) is 33.1. The van der Waals surface area contributed by atoms with E-state index in [1.807, 2.05) is 29.2 Å². The molecule has 0 unspecified atom stereocenters. The second-order valence-electron chi connectivity index (χ2n) is 10.3. The van der Waals surface area contributed by atoms with Crippen LogP contribution >= 0.6 is 11.8 Å². The van der Waals surface area contributed by atoms with Crippen LogP contribution in [0.5, 0.6) is 5.75 Å². The number of hydrogen-bond donors (Lipinski definition) is 2. The van der Waals surface area contributed by atoms with Gasteiger partial charge in [0.25, 0.3) is 5.91 Å². The fraction of sp³-hybridized carbons (Fsp3) is 0.607. The molecule has 196 valence electrons. The van der Waals surface area contributed by atoms with Crippen molar-refractivity contribution in [2.75, 3.05) is 32.0 Å². The second-order valence-corrected chi connectivity index (χ2v) is 11.4. The lowest BCUT2D eigenvalue weighted by molar-refractivity contribution is -0.118. The van der Waals surface area contributed by atoms with Crippen LogP contribution in [0.2, 0.25) is 0 Å². The minimum absolute atomic E-state index is 0.0325. The van der Waals surface area contributed by atoms with Crippen LogP contribution in [0.1, 0.15) is 69.8 Å². The van der Waals surface area contributed by atoms with Crippen LogP contribution in [-0.4, -0.2) is 65.8 Å². The summed E-state index contributed by atoms with van der Waals surface area (Å²) in [6, 6.07) is 8.18. The topological polar surface area (TPSA) is 83.6 Å². The van der Waals surface area contributed by atoms with Gasteiger partial charge in [-0.2, -0.15) is 0 Å². The summed E-state index contributed by atoms with van der Waals surface area (Å²) in [6.45, 7) is 8.75. The third kappa shape index (κ3) is 6.71. The number of amides is 2. The van der Waals surface area contributed by atoms with E-state index >= 15 is 0 Å². The number of carbonyl (C=O) groups excluding carboxylic acids is 2. The Kier molecular flexibility index (Phi) is 9.48. The zero-order valence-corrected chi connectivity index (χ0v) is 22.7. The maximum absolute atomic E-state index is 13.9. The van der Waals surface area contributed by atoms with Crippen LogP contribution in [0, 0.1) is 5.92 Å². The van der Waals surface area contributed by atoms with E-state index in [1.165, 1.54) is 32.6 Å². The fourth-order valence-electron chi connectivity index (χ4n) is 5.33. The number of pyridine rings is 1. The molecule has 2 amide bonds. The van der Waals surface area contributed by atoms with E-state index in [4.69, 9.17) is 9.72 Å². The Morgan fingerprint density at radius 3 is 2.72 bits per heavy atom. The van der Waals surface area contributed by atoms with Crippen LogP contribution < -0.4 is 15.4 Å². The van der Waals surface area contributed by atoms with Gasteiger partial charge in [-0.3, -0.25) is 9.59 Å². The summed E-state index contributed by atoms with van der Waals surface area (Å²) in [5.41, 5.74) is 1.20. The van der Waals surface area contributed by atoms with Crippen molar-refractivity contribution < 1.29 is 14.3 Å². The first kappa shape index (κ1) is 26.7. The number of fused-ring (bicyclic) bond motifs is 1. The molecular formula is C28H40N4O3S. The number of hydrogen-bond acceptors (Lipinski definition) is 6. The molecule has 2 heterocycles. The summed E-state index contributed by atoms with van der Waals surface area (Å²) >= 11 is 1.64. The van der Waals surface area contributed by atoms with Crippen molar-refractivity contribution in [3.63, 3.8) is 0 Å². The summed E-state index contributed by atoms with van der Waals surface area (Å²) in [5.74, 6) is 1.97. The molecule has 1 aliphatic carbocycles. The van der Waals surface area contributed by atoms with Crippen molar-refractivity contribution in [3.05, 3.63) is 30.0 Å². The predicted molar refractivity (Wildman–Crippen MR) is 146 cm³/mol. The number of nitrogens with zero attached hydrogens (tertiary/aromatic N) is 2. The number of para-hydroxylation sites is 1. The molecule has 4 rings (SSSR count). The molecule has 2 aliphatic rings. The Labute approximate surface area is 219 Å². The van der Waals surface area contributed by atoms with Crippen LogP contribution in [-0.2, 0) is 4.79 Å². The number of piperidine rings is 1. The molecule has 7 nitrogen and oxygen atoms in total. The van der Waals surface area contributed by atoms with Crippen LogP contribution in [0.15, 0.2) is 29.2 Å². The average molecular weight is 513 g/mol. The van der Waals surface area contributed by atoms with Crippen molar-refractivity contribution in [3.8, 4) is 5.75 Å². The number of nitrogens with one attached hydrogen (secondary N) is 2. The lowest BCUT2D eigenvalue weighted by Crippen LogP contribution is -2.51. The molecule has 0 bridgehead atoms. The van der Waals surface area contributed by atoms with Crippen molar-refractivity contribution in [1.29, 1.82) is 0 Å². The van der Waals surface area contributed by atoms with E-state index in [1.54, 1.807) is 11.8 Å². The van der Waals surface area contributed by atoms with Crippen LogP contribution in [0.25, 0.3) is 10.9 Å². The summed E-state index contributed by atoms with van der Waals surface area (Å²) in [6.07, 6.45) is 7.04. The van der Waals surface area contributed by atoms with E-state index < -0.39 is 0 Å². The first-order chi connectivity index (χ1) is 17.4. The quantitative estimate of drug-likeness (QED) is 0.357. The smallest absolute Gasteiger partial charge is 0.273 e. The van der Waals surface area contributed by atoms with E-state index in [0.29, 0.717) is 30.5 Å². The third-order valence-corrected chi connectivity index (χ3v) is 8.18. The van der Waals surface area contributed by atoms with Crippen molar-refractivity contribution in [2.45, 2.75) is 76.3 Å². The highest BCUT2D eigenvalue weighted by molar-refractivity contribution is 7.99. The first-order valence-corrected chi connectivity index (χ1v) is 14.4. The molecule has 1 saturated heterocycles. The average Bonchev–Trinajstić information content (AvgIpc) is 3.39. The highest BCUT2D eigenvalue weighted by Crippen LogP contribution is 2.34. The molecule has 2 fully saturated rings. The molecule has 0 spiro atoms. The van der Waals surface area contributed by atoms with Gasteiger partial charge in [0, 0.05) is 48.1 Å². The normalized spacial score (nSPS) is 18.5. The minimum Gasteiger partial charge on any atom is -0.491 e. The predicted octanol–water partition coefficient (Wildman–Crippen LogP) is 4.63. The molecule has 2 aromatic rings. The van der Waals surface area contributed by atoms with Crippen molar-refractivity contribution in [1.82, 2.24) is 20.5 Å². The monoisotopic (exact) mass is 512 g/mol. The minimum atomic E-state index is -0.0395. The molecular weight excluding hydrogens is 472 g/mol. The molecule has 1 atom stereocenters. The molecule has 2 N–H and O–H groups in total. The Balaban J connectivity index is 1.67. The lowest BCUT2D eigenvalue weighted by Gasteiger charge is -2.37. The van der Waals surface area contributed by atoms with Crippen LogP contribution in [0.4, 0.5) is 0 Å². The van der Waals surface area contributed by atoms with Gasteiger partial charge in [-0.1, -0.05) is 25.0 Å². The van der Waals surface area contributed by atoms with E-state index in [-0.39, 0.29) is 23.9 Å². The summed E-state index contributed by atoms with van der Waals surface area (Å²) in [5, 5.41) is 7.28. The van der Waals surface area contributed by atoms with Gasteiger partial charge < -0.3 is 20.3 Å². The van der Waals surface area contributed by atoms with Gasteiger partial charge in [-0.25, -0.2) is 4.98 Å². The Bertz CT molecular complexity index is 1050. The SMILES string of the molecule is CC(=O)NCCSc1cc(C(=O)N(C(C)C)[C@@H]2CCCNC2)nc2c(OCC3CCCC3)cccc12. The largest absolute Gasteiger partial charge is 0.491 e. The van der Waals surface area contributed by atoms with E-state index in [9.17, 15) is 9.59 Å². The third-order valence-electron chi connectivity index (χ3n) is 7.12. The van der Waals surface area contributed by atoms with Gasteiger partial charge in [-0.05, 0) is 64.1 Å². The number of ether oxygens (including phenoxy) is 1. The van der Waals surface area contributed by atoms with E-state index in [2.05, 4.69) is 24.5 Å².